The van der Waals surface area contributed by atoms with Crippen molar-refractivity contribution in [3.05, 3.63) is 96.8 Å². The topological polar surface area (TPSA) is 24.8 Å². The van der Waals surface area contributed by atoms with Crippen LogP contribution in [0.3, 0.4) is 0 Å². The zero-order valence-corrected chi connectivity index (χ0v) is 19.4. The minimum atomic E-state index is -0.260. The van der Waals surface area contributed by atoms with Crippen molar-refractivity contribution in [3.63, 3.8) is 0 Å². The fraction of sp³-hybridized carbons (Fsp3) is 0.136. The largest absolute Gasteiger partial charge is 0.463 e. The monoisotopic (exact) mass is 560 g/mol. The minimum Gasteiger partial charge on any atom is -0.463 e. The molecule has 6 heteroatoms. The van der Waals surface area contributed by atoms with Crippen molar-refractivity contribution >= 4 is 53.5 Å². The lowest BCUT2D eigenvalue weighted by Crippen LogP contribution is -2.33. The van der Waals surface area contributed by atoms with Crippen molar-refractivity contribution in [2.24, 2.45) is 5.10 Å². The number of hydrogen-bond acceptors (Lipinski definition) is 3. The lowest BCUT2D eigenvalue weighted by molar-refractivity contribution is -0.0197. The van der Waals surface area contributed by atoms with Crippen LogP contribution in [0, 0.1) is 0 Å². The van der Waals surface area contributed by atoms with E-state index in [1.165, 1.54) is 0 Å². The molecule has 28 heavy (non-hydrogen) atoms. The Morgan fingerprint density at radius 1 is 0.893 bits per heavy atom. The summed E-state index contributed by atoms with van der Waals surface area (Å²) in [5.74, 6) is 0.894. The quantitative estimate of drug-likeness (QED) is 0.329. The first-order chi connectivity index (χ1) is 13.6. The van der Waals surface area contributed by atoms with Crippen LogP contribution in [0.25, 0.3) is 0 Å². The van der Waals surface area contributed by atoms with Gasteiger partial charge in [-0.05, 0) is 45.8 Å². The average molecular weight is 563 g/mol. The van der Waals surface area contributed by atoms with Gasteiger partial charge in [0.1, 0.15) is 5.75 Å². The summed E-state index contributed by atoms with van der Waals surface area (Å²) in [7, 11) is 0. The molecule has 0 fully saturated rings. The van der Waals surface area contributed by atoms with Gasteiger partial charge in [-0.1, -0.05) is 74.3 Å². The number of benzene rings is 3. The number of hydrogen-bond donors (Lipinski definition) is 0. The minimum absolute atomic E-state index is 0.126. The Labute approximate surface area is 188 Å². The fourth-order valence-corrected chi connectivity index (χ4v) is 5.39. The van der Waals surface area contributed by atoms with Gasteiger partial charge in [0.05, 0.1) is 16.2 Å². The summed E-state index contributed by atoms with van der Waals surface area (Å²) in [6.45, 7) is 0. The third-order valence-corrected chi connectivity index (χ3v) is 6.65. The first-order valence-electron chi connectivity index (χ1n) is 8.92. The predicted molar refractivity (Wildman–Crippen MR) is 122 cm³/mol. The molecule has 0 unspecified atom stereocenters. The van der Waals surface area contributed by atoms with Crippen molar-refractivity contribution in [2.45, 2.75) is 18.7 Å². The molecular formula is C22H15Br3N2O. The maximum atomic E-state index is 6.46. The van der Waals surface area contributed by atoms with Crippen LogP contribution in [0.5, 0.6) is 5.75 Å². The molecule has 2 atom stereocenters. The van der Waals surface area contributed by atoms with Crippen LogP contribution in [0.2, 0.25) is 0 Å². The number of nitrogens with zero attached hydrogens (tertiary/aromatic N) is 2. The van der Waals surface area contributed by atoms with Gasteiger partial charge in [-0.2, -0.15) is 5.10 Å². The summed E-state index contributed by atoms with van der Waals surface area (Å²) >= 11 is 10.8. The maximum Gasteiger partial charge on any atom is 0.213 e. The highest BCUT2D eigenvalue weighted by Crippen LogP contribution is 2.50. The normalized spacial score (nSPS) is 20.2. The zero-order chi connectivity index (χ0) is 19.3. The summed E-state index contributed by atoms with van der Waals surface area (Å²) in [6.07, 6.45) is 0.577. The molecule has 0 N–H and O–H groups in total. The molecule has 0 amide bonds. The van der Waals surface area contributed by atoms with Crippen molar-refractivity contribution in [1.82, 2.24) is 5.01 Å². The highest BCUT2D eigenvalue weighted by atomic mass is 79.9. The highest BCUT2D eigenvalue weighted by molar-refractivity contribution is 9.11. The van der Waals surface area contributed by atoms with Crippen LogP contribution in [0.15, 0.2) is 85.2 Å². The second-order valence-electron chi connectivity index (χ2n) is 6.84. The molecule has 5 rings (SSSR count). The van der Waals surface area contributed by atoms with Crippen molar-refractivity contribution in [1.29, 1.82) is 0 Å². The molecule has 0 aromatic heterocycles. The molecule has 0 saturated heterocycles. The van der Waals surface area contributed by atoms with Gasteiger partial charge in [0, 0.05) is 26.5 Å². The van der Waals surface area contributed by atoms with E-state index in [1.54, 1.807) is 0 Å². The predicted octanol–water partition coefficient (Wildman–Crippen LogP) is 7.22. The lowest BCUT2D eigenvalue weighted by Gasteiger charge is -2.38. The number of fused-ring (bicyclic) bond motifs is 3. The third kappa shape index (κ3) is 3.21. The van der Waals surface area contributed by atoms with Crippen LogP contribution in [-0.4, -0.2) is 10.7 Å². The molecule has 2 aliphatic rings. The van der Waals surface area contributed by atoms with Gasteiger partial charge in [-0.25, -0.2) is 5.01 Å². The Hall–Kier alpha value is -1.63. The Balaban J connectivity index is 1.63. The molecule has 2 heterocycles. The van der Waals surface area contributed by atoms with Gasteiger partial charge in [-0.15, -0.1) is 0 Å². The average Bonchev–Trinajstić information content (AvgIpc) is 3.14. The Kier molecular flexibility index (Phi) is 4.81. The third-order valence-electron chi connectivity index (χ3n) is 5.07. The summed E-state index contributed by atoms with van der Waals surface area (Å²) in [4.78, 5) is 0. The SMILES string of the molecule is Brc1ccc(C2=NN3[C@@H](c4ccccc4)Oc4c(Br)cc(Br)cc4[C@@H]3C2)cc1. The molecule has 0 saturated carbocycles. The molecule has 0 radical (unpaired) electrons. The lowest BCUT2D eigenvalue weighted by atomic mass is 9.96. The second kappa shape index (κ2) is 7.32. The molecule has 0 aliphatic carbocycles. The van der Waals surface area contributed by atoms with E-state index in [9.17, 15) is 0 Å². The number of rotatable bonds is 2. The standard InChI is InChI=1S/C22H15Br3N2O/c23-15-8-6-13(7-9-15)19-12-20-17-10-16(24)11-18(25)21(17)28-22(27(20)26-19)14-4-2-1-3-5-14/h1-11,20,22H,12H2/t20-,22+/m0/s1. The molecule has 2 aliphatic heterocycles. The van der Waals surface area contributed by atoms with Gasteiger partial charge >= 0.3 is 0 Å². The van der Waals surface area contributed by atoms with Crippen molar-refractivity contribution < 1.29 is 4.74 Å². The smallest absolute Gasteiger partial charge is 0.213 e. The van der Waals surface area contributed by atoms with E-state index < -0.39 is 0 Å². The van der Waals surface area contributed by atoms with Gasteiger partial charge in [-0.3, -0.25) is 0 Å². The van der Waals surface area contributed by atoms with E-state index >= 15 is 0 Å². The fourth-order valence-electron chi connectivity index (χ4n) is 3.77. The molecule has 0 bridgehead atoms. The first-order valence-corrected chi connectivity index (χ1v) is 11.3. The molecule has 3 aromatic carbocycles. The van der Waals surface area contributed by atoms with Gasteiger partial charge < -0.3 is 4.74 Å². The Morgan fingerprint density at radius 2 is 1.64 bits per heavy atom. The van der Waals surface area contributed by atoms with Crippen LogP contribution in [0.1, 0.15) is 35.4 Å². The van der Waals surface area contributed by atoms with E-state index in [-0.39, 0.29) is 12.3 Å². The van der Waals surface area contributed by atoms with E-state index in [1.807, 2.05) is 24.3 Å². The van der Waals surface area contributed by atoms with Gasteiger partial charge in [0.25, 0.3) is 0 Å². The zero-order valence-electron chi connectivity index (χ0n) is 14.6. The van der Waals surface area contributed by atoms with Crippen LogP contribution < -0.4 is 4.74 Å². The van der Waals surface area contributed by atoms with Crippen molar-refractivity contribution in [2.75, 3.05) is 0 Å². The second-order valence-corrected chi connectivity index (χ2v) is 9.53. The van der Waals surface area contributed by atoms with E-state index in [0.717, 1.165) is 48.0 Å². The summed E-state index contributed by atoms with van der Waals surface area (Å²) in [6, 6.07) is 22.9. The first kappa shape index (κ1) is 18.4. The number of ether oxygens (including phenoxy) is 1. The van der Waals surface area contributed by atoms with Crippen LogP contribution in [0.4, 0.5) is 0 Å². The van der Waals surface area contributed by atoms with E-state index in [2.05, 4.69) is 95.3 Å². The van der Waals surface area contributed by atoms with Crippen molar-refractivity contribution in [3.8, 4) is 5.75 Å². The van der Waals surface area contributed by atoms with Crippen LogP contribution in [-0.2, 0) is 0 Å². The molecule has 3 nitrogen and oxygen atoms in total. The molecule has 140 valence electrons. The number of halogens is 3. The summed E-state index contributed by atoms with van der Waals surface area (Å²) in [5, 5.41) is 7.11. The maximum absolute atomic E-state index is 6.46. The Morgan fingerprint density at radius 3 is 2.39 bits per heavy atom. The summed E-state index contributed by atoms with van der Waals surface area (Å²) in [5.41, 5.74) is 4.45. The molecular weight excluding hydrogens is 548 g/mol. The molecule has 0 spiro atoms. The Bertz CT molecular complexity index is 1070. The number of hydrazone groups is 1. The van der Waals surface area contributed by atoms with E-state index in [4.69, 9.17) is 9.84 Å². The summed E-state index contributed by atoms with van der Waals surface area (Å²) < 4.78 is 9.51. The van der Waals surface area contributed by atoms with Gasteiger partial charge in [0.15, 0.2) is 0 Å². The van der Waals surface area contributed by atoms with Crippen LogP contribution >= 0.6 is 47.8 Å². The van der Waals surface area contributed by atoms with Gasteiger partial charge in [0.2, 0.25) is 6.23 Å². The molecule has 3 aromatic rings. The van der Waals surface area contributed by atoms with E-state index in [0.29, 0.717) is 0 Å². The highest BCUT2D eigenvalue weighted by Gasteiger charge is 2.41.